The maximum absolute atomic E-state index is 13.4. The van der Waals surface area contributed by atoms with Crippen LogP contribution in [0.3, 0.4) is 0 Å². The summed E-state index contributed by atoms with van der Waals surface area (Å²) < 4.78 is 74.8. The molecule has 1 amide bonds. The number of rotatable bonds is 7. The molecule has 0 atom stereocenters. The van der Waals surface area contributed by atoms with Crippen molar-refractivity contribution in [3.8, 4) is 22.6 Å². The summed E-state index contributed by atoms with van der Waals surface area (Å²) in [5.41, 5.74) is -1.26. The van der Waals surface area contributed by atoms with Gasteiger partial charge in [0.25, 0.3) is 5.91 Å². The number of hydrogen-bond donors (Lipinski definition) is 2. The van der Waals surface area contributed by atoms with Gasteiger partial charge in [-0.05, 0) is 63.2 Å². The van der Waals surface area contributed by atoms with Gasteiger partial charge in [-0.3, -0.25) is 4.79 Å². The van der Waals surface area contributed by atoms with Gasteiger partial charge in [-0.25, -0.2) is 22.8 Å². The number of aromatic nitrogens is 3. The van der Waals surface area contributed by atoms with Gasteiger partial charge in [0.2, 0.25) is 10.0 Å². The minimum absolute atomic E-state index is 0.0398. The highest BCUT2D eigenvalue weighted by Crippen LogP contribution is 2.31. The minimum Gasteiger partial charge on any atom is -0.497 e. The third-order valence-corrected chi connectivity index (χ3v) is 7.30. The van der Waals surface area contributed by atoms with Crippen molar-refractivity contribution < 1.29 is 31.1 Å². The number of nitrogens with one attached hydrogen (secondary N) is 2. The van der Waals surface area contributed by atoms with Crippen molar-refractivity contribution in [1.82, 2.24) is 19.5 Å². The Morgan fingerprint density at radius 2 is 1.65 bits per heavy atom. The summed E-state index contributed by atoms with van der Waals surface area (Å²) >= 11 is 0. The summed E-state index contributed by atoms with van der Waals surface area (Å²) in [6.45, 7) is 5.18. The minimum atomic E-state index is -4.78. The third kappa shape index (κ3) is 6.49. The molecule has 0 saturated carbocycles. The maximum Gasteiger partial charge on any atom is 0.435 e. The van der Waals surface area contributed by atoms with Crippen LogP contribution in [0.1, 0.15) is 37.0 Å². The van der Waals surface area contributed by atoms with Gasteiger partial charge in [-0.1, -0.05) is 18.2 Å². The number of ether oxygens (including phenoxy) is 1. The lowest BCUT2D eigenvalue weighted by Gasteiger charge is -2.21. The van der Waals surface area contributed by atoms with Crippen LogP contribution in [0, 0.1) is 0 Å². The molecule has 210 valence electrons. The zero-order valence-electron chi connectivity index (χ0n) is 21.9. The van der Waals surface area contributed by atoms with Gasteiger partial charge in [-0.2, -0.15) is 18.3 Å². The van der Waals surface area contributed by atoms with E-state index < -0.39 is 33.3 Å². The molecule has 0 aliphatic rings. The van der Waals surface area contributed by atoms with E-state index in [1.165, 1.54) is 49.7 Å². The quantitative estimate of drug-likeness (QED) is 0.311. The van der Waals surface area contributed by atoms with Crippen LogP contribution in [-0.2, 0) is 16.2 Å². The number of benzene rings is 2. The molecule has 4 aromatic rings. The summed E-state index contributed by atoms with van der Waals surface area (Å²) in [4.78, 5) is 17.3. The van der Waals surface area contributed by atoms with Crippen LogP contribution in [-0.4, -0.2) is 41.7 Å². The predicted octanol–water partition coefficient (Wildman–Crippen LogP) is 5.29. The smallest absolute Gasteiger partial charge is 0.435 e. The Balaban J connectivity index is 1.63. The molecule has 13 heteroatoms. The van der Waals surface area contributed by atoms with Crippen LogP contribution in [0.4, 0.5) is 19.0 Å². The van der Waals surface area contributed by atoms with Crippen molar-refractivity contribution in [3.63, 3.8) is 0 Å². The van der Waals surface area contributed by atoms with Gasteiger partial charge in [0.1, 0.15) is 17.3 Å². The van der Waals surface area contributed by atoms with Gasteiger partial charge in [-0.15, -0.1) is 0 Å². The molecule has 40 heavy (non-hydrogen) atoms. The molecule has 0 radical (unpaired) electrons. The molecule has 0 spiro atoms. The number of halogens is 3. The molecular formula is C27H26F3N5O4S. The van der Waals surface area contributed by atoms with E-state index in [0.29, 0.717) is 22.9 Å². The first-order chi connectivity index (χ1) is 18.7. The molecule has 9 nitrogen and oxygen atoms in total. The molecule has 0 unspecified atom stereocenters. The number of anilines is 1. The Bertz CT molecular complexity index is 1630. The first-order valence-electron chi connectivity index (χ1n) is 11.9. The van der Waals surface area contributed by atoms with Crippen LogP contribution >= 0.6 is 0 Å². The van der Waals surface area contributed by atoms with E-state index in [0.717, 1.165) is 4.68 Å². The van der Waals surface area contributed by atoms with Crippen molar-refractivity contribution in [1.29, 1.82) is 0 Å². The van der Waals surface area contributed by atoms with Crippen molar-refractivity contribution in [2.45, 2.75) is 37.4 Å². The topological polar surface area (TPSA) is 115 Å². The molecule has 4 rings (SSSR count). The number of carbonyl (C=O) groups is 1. The van der Waals surface area contributed by atoms with Crippen LogP contribution < -0.4 is 14.8 Å². The second-order valence-electron chi connectivity index (χ2n) is 9.76. The molecule has 0 saturated heterocycles. The molecule has 2 aromatic carbocycles. The monoisotopic (exact) mass is 573 g/mol. The van der Waals surface area contributed by atoms with Crippen molar-refractivity contribution >= 4 is 21.7 Å². The molecular weight excluding hydrogens is 547 g/mol. The van der Waals surface area contributed by atoms with Gasteiger partial charge in [0, 0.05) is 28.9 Å². The first kappa shape index (κ1) is 28.8. The highest BCUT2D eigenvalue weighted by molar-refractivity contribution is 7.89. The normalized spacial score (nSPS) is 12.3. The van der Waals surface area contributed by atoms with Gasteiger partial charge in [0.05, 0.1) is 17.7 Å². The molecule has 0 aliphatic carbocycles. The molecule has 0 fully saturated rings. The van der Waals surface area contributed by atoms with E-state index in [4.69, 9.17) is 4.74 Å². The number of alkyl halides is 3. The first-order valence-corrected chi connectivity index (χ1v) is 13.4. The van der Waals surface area contributed by atoms with Crippen LogP contribution in [0.25, 0.3) is 16.8 Å². The van der Waals surface area contributed by atoms with E-state index in [9.17, 15) is 26.4 Å². The molecule has 2 N–H and O–H groups in total. The zero-order chi connectivity index (χ0) is 29.3. The van der Waals surface area contributed by atoms with E-state index in [-0.39, 0.29) is 22.1 Å². The summed E-state index contributed by atoms with van der Waals surface area (Å²) in [5, 5.41) is 6.07. The Kier molecular flexibility index (Phi) is 7.72. The van der Waals surface area contributed by atoms with E-state index >= 15 is 0 Å². The highest BCUT2D eigenvalue weighted by Gasteiger charge is 2.36. The maximum atomic E-state index is 13.4. The number of sulfonamides is 1. The lowest BCUT2D eigenvalue weighted by atomic mass is 10.1. The van der Waals surface area contributed by atoms with Crippen LogP contribution in [0.2, 0.25) is 0 Å². The average Bonchev–Trinajstić information content (AvgIpc) is 3.34. The number of nitrogens with zero attached hydrogens (tertiary/aromatic N) is 3. The second kappa shape index (κ2) is 10.7. The number of hydrogen-bond acceptors (Lipinski definition) is 6. The molecule has 2 aromatic heterocycles. The van der Waals surface area contributed by atoms with Crippen molar-refractivity contribution in [2.24, 2.45) is 0 Å². The van der Waals surface area contributed by atoms with Gasteiger partial charge >= 0.3 is 6.18 Å². The van der Waals surface area contributed by atoms with Gasteiger partial charge < -0.3 is 10.1 Å². The fourth-order valence-corrected chi connectivity index (χ4v) is 5.46. The number of pyridine rings is 1. The SMILES string of the molecule is COc1ccc(-n2nc(C(F)(F)F)cc2C(=O)Nc2ccc(-c3ccccc3S(=O)(=O)NC(C)(C)C)cn2)cc1. The fraction of sp³-hybridized carbons (Fsp3) is 0.222. The number of methoxy groups -OCH3 is 1. The Morgan fingerprint density at radius 1 is 0.975 bits per heavy atom. The molecule has 2 heterocycles. The third-order valence-electron chi connectivity index (χ3n) is 5.48. The van der Waals surface area contributed by atoms with Crippen molar-refractivity contribution in [3.05, 3.63) is 84.3 Å². The lowest BCUT2D eigenvalue weighted by molar-refractivity contribution is -0.141. The lowest BCUT2D eigenvalue weighted by Crippen LogP contribution is -2.40. The predicted molar refractivity (Wildman–Crippen MR) is 143 cm³/mol. The number of carbonyl (C=O) groups excluding carboxylic acids is 1. The van der Waals surface area contributed by atoms with E-state index in [2.05, 4.69) is 20.1 Å². The Morgan fingerprint density at radius 3 is 2.23 bits per heavy atom. The van der Waals surface area contributed by atoms with E-state index in [1.807, 2.05) is 0 Å². The summed E-state index contributed by atoms with van der Waals surface area (Å²) in [6.07, 6.45) is -3.41. The largest absolute Gasteiger partial charge is 0.497 e. The van der Waals surface area contributed by atoms with Crippen molar-refractivity contribution in [2.75, 3.05) is 12.4 Å². The Hall–Kier alpha value is -4.23. The zero-order valence-corrected chi connectivity index (χ0v) is 22.8. The fourth-order valence-electron chi connectivity index (χ4n) is 3.81. The summed E-state index contributed by atoms with van der Waals surface area (Å²) in [5.74, 6) is -0.361. The molecule has 0 bridgehead atoms. The summed E-state index contributed by atoms with van der Waals surface area (Å²) in [7, 11) is -2.42. The second-order valence-corrected chi connectivity index (χ2v) is 11.4. The van der Waals surface area contributed by atoms with Crippen LogP contribution in [0.5, 0.6) is 5.75 Å². The Labute approximate surface area is 229 Å². The van der Waals surface area contributed by atoms with Crippen LogP contribution in [0.15, 0.2) is 77.8 Å². The standard InChI is InChI=1S/C27H26F3N5O4S/c1-26(2,3)34-40(37,38)22-8-6-5-7-20(22)17-9-14-24(31-16-17)32-25(36)21-15-23(27(28,29)30)33-35(21)18-10-12-19(39-4)13-11-18/h5-16,34H,1-4H3,(H,31,32,36). The highest BCUT2D eigenvalue weighted by atomic mass is 32.2. The number of amides is 1. The average molecular weight is 574 g/mol. The molecule has 0 aliphatic heterocycles. The summed E-state index contributed by atoms with van der Waals surface area (Å²) in [6, 6.07) is 16.0. The van der Waals surface area contributed by atoms with Gasteiger partial charge in [0.15, 0.2) is 5.69 Å². The van der Waals surface area contributed by atoms with E-state index in [1.54, 1.807) is 45.0 Å².